The summed E-state index contributed by atoms with van der Waals surface area (Å²) < 4.78 is 0. The molecule has 5 heteroatoms. The van der Waals surface area contributed by atoms with Crippen molar-refractivity contribution in [3.8, 4) is 6.07 Å². The van der Waals surface area contributed by atoms with Crippen molar-refractivity contribution in [3.63, 3.8) is 0 Å². The number of nitriles is 1. The first-order valence-corrected chi connectivity index (χ1v) is 6.64. The molecule has 1 aliphatic rings. The normalized spacial score (nSPS) is 13.9. The highest BCUT2D eigenvalue weighted by atomic mass is 32.2. The van der Waals surface area contributed by atoms with Crippen molar-refractivity contribution >= 4 is 29.6 Å². The molecule has 0 aromatic heterocycles. The number of hydrogen-bond acceptors (Lipinski definition) is 4. The summed E-state index contributed by atoms with van der Waals surface area (Å²) in [7, 11) is 0. The Balaban J connectivity index is 2.27. The Kier molecular flexibility index (Phi) is 4.00. The molecule has 0 spiro atoms. The van der Waals surface area contributed by atoms with Gasteiger partial charge in [-0.25, -0.2) is 0 Å². The van der Waals surface area contributed by atoms with Crippen LogP contribution in [0.15, 0.2) is 23.1 Å². The lowest BCUT2D eigenvalue weighted by Crippen LogP contribution is -2.36. The van der Waals surface area contributed by atoms with Crippen molar-refractivity contribution < 1.29 is 9.59 Å². The smallest absolute Gasteiger partial charge is 0.237 e. The molecule has 1 aliphatic heterocycles. The molecule has 0 aliphatic carbocycles. The van der Waals surface area contributed by atoms with E-state index in [4.69, 9.17) is 5.26 Å². The number of fused-ring (bicyclic) bond motifs is 1. The zero-order chi connectivity index (χ0) is 13.0. The largest absolute Gasteiger partial charge is 0.311 e. The number of unbranched alkanes of at least 4 members (excludes halogenated alkanes) is 1. The minimum atomic E-state index is 0.0356. The number of carbonyl (C=O) groups excluding carboxylic acids is 2. The lowest BCUT2D eigenvalue weighted by molar-refractivity contribution is -0.116. The van der Waals surface area contributed by atoms with Gasteiger partial charge in [-0.15, -0.1) is 11.8 Å². The number of rotatable bonds is 4. The number of carbonyl (C=O) groups is 2. The highest BCUT2D eigenvalue weighted by Gasteiger charge is 2.24. The molecule has 0 saturated heterocycles. The molecule has 0 N–H and O–H groups in total. The van der Waals surface area contributed by atoms with Gasteiger partial charge in [-0.3, -0.25) is 9.59 Å². The van der Waals surface area contributed by atoms with Crippen LogP contribution in [0.4, 0.5) is 5.69 Å². The van der Waals surface area contributed by atoms with Crippen LogP contribution in [0.25, 0.3) is 0 Å². The Morgan fingerprint density at radius 3 is 3.06 bits per heavy atom. The first-order valence-electron chi connectivity index (χ1n) is 5.65. The van der Waals surface area contributed by atoms with Gasteiger partial charge in [0.05, 0.1) is 17.5 Å². The van der Waals surface area contributed by atoms with E-state index in [2.05, 4.69) is 6.07 Å². The summed E-state index contributed by atoms with van der Waals surface area (Å²) in [6.07, 6.45) is 1.86. The van der Waals surface area contributed by atoms with Crippen molar-refractivity contribution in [2.45, 2.75) is 17.7 Å². The molecular weight excluding hydrogens is 248 g/mol. The Bertz CT molecular complexity index is 522. The number of benzene rings is 1. The third-order valence-electron chi connectivity index (χ3n) is 2.73. The first-order chi connectivity index (χ1) is 8.76. The summed E-state index contributed by atoms with van der Waals surface area (Å²) in [5.74, 6) is 0.452. The van der Waals surface area contributed by atoms with Crippen LogP contribution in [-0.2, 0) is 4.79 Å². The third-order valence-corrected chi connectivity index (χ3v) is 3.78. The average molecular weight is 260 g/mol. The van der Waals surface area contributed by atoms with Crippen LogP contribution in [0.1, 0.15) is 23.2 Å². The molecule has 0 bridgehead atoms. The lowest BCUT2D eigenvalue weighted by atomic mass is 10.2. The first kappa shape index (κ1) is 12.7. The van der Waals surface area contributed by atoms with Crippen molar-refractivity contribution in [3.05, 3.63) is 23.8 Å². The fraction of sp³-hybridized carbons (Fsp3) is 0.308. The Morgan fingerprint density at radius 1 is 1.50 bits per heavy atom. The van der Waals surface area contributed by atoms with E-state index in [0.29, 0.717) is 30.7 Å². The van der Waals surface area contributed by atoms with Crippen molar-refractivity contribution in [1.29, 1.82) is 5.26 Å². The van der Waals surface area contributed by atoms with E-state index >= 15 is 0 Å². The van der Waals surface area contributed by atoms with Crippen LogP contribution < -0.4 is 4.90 Å². The Morgan fingerprint density at radius 2 is 2.33 bits per heavy atom. The summed E-state index contributed by atoms with van der Waals surface area (Å²) in [6, 6.07) is 7.42. The lowest BCUT2D eigenvalue weighted by Gasteiger charge is -2.29. The van der Waals surface area contributed by atoms with E-state index < -0.39 is 0 Å². The molecule has 4 nitrogen and oxygen atoms in total. The monoisotopic (exact) mass is 260 g/mol. The van der Waals surface area contributed by atoms with Gasteiger partial charge in [-0.1, -0.05) is 6.07 Å². The van der Waals surface area contributed by atoms with E-state index in [1.54, 1.807) is 17.0 Å². The Labute approximate surface area is 110 Å². The molecule has 0 saturated carbocycles. The minimum Gasteiger partial charge on any atom is -0.311 e. The number of thioether (sulfide) groups is 1. The molecule has 1 heterocycles. The van der Waals surface area contributed by atoms with Crippen molar-refractivity contribution in [2.75, 3.05) is 17.2 Å². The molecule has 1 amide bonds. The van der Waals surface area contributed by atoms with E-state index in [1.165, 1.54) is 11.8 Å². The van der Waals surface area contributed by atoms with E-state index in [9.17, 15) is 9.59 Å². The van der Waals surface area contributed by atoms with Crippen LogP contribution in [0.5, 0.6) is 0 Å². The minimum absolute atomic E-state index is 0.0356. The van der Waals surface area contributed by atoms with Crippen LogP contribution in [0, 0.1) is 11.3 Å². The maximum absolute atomic E-state index is 11.9. The van der Waals surface area contributed by atoms with Crippen molar-refractivity contribution in [1.82, 2.24) is 0 Å². The molecular formula is C13H12N2O2S. The molecule has 0 atom stereocenters. The third kappa shape index (κ3) is 2.54. The van der Waals surface area contributed by atoms with Crippen LogP contribution in [-0.4, -0.2) is 24.5 Å². The quantitative estimate of drug-likeness (QED) is 0.615. The predicted octanol–water partition coefficient (Wildman–Crippen LogP) is 2.24. The summed E-state index contributed by atoms with van der Waals surface area (Å²) in [5.41, 5.74) is 1.35. The number of amides is 1. The van der Waals surface area contributed by atoms with Gasteiger partial charge in [0, 0.05) is 23.4 Å². The van der Waals surface area contributed by atoms with Gasteiger partial charge < -0.3 is 4.90 Å². The highest BCUT2D eigenvalue weighted by Crippen LogP contribution is 2.35. The summed E-state index contributed by atoms with van der Waals surface area (Å²) in [6.45, 7) is 0.530. The zero-order valence-electron chi connectivity index (χ0n) is 9.76. The van der Waals surface area contributed by atoms with Crippen LogP contribution in [0.3, 0.4) is 0 Å². The van der Waals surface area contributed by atoms with Crippen molar-refractivity contribution in [2.24, 2.45) is 0 Å². The van der Waals surface area contributed by atoms with E-state index in [0.717, 1.165) is 16.9 Å². The highest BCUT2D eigenvalue weighted by molar-refractivity contribution is 8.00. The second kappa shape index (κ2) is 5.69. The number of aldehydes is 1. The van der Waals surface area contributed by atoms with Crippen LogP contribution >= 0.6 is 11.8 Å². The van der Waals surface area contributed by atoms with Gasteiger partial charge in [-0.05, 0) is 18.6 Å². The maximum atomic E-state index is 11.9. The number of nitrogens with zero attached hydrogens (tertiary/aromatic N) is 2. The van der Waals surface area contributed by atoms with Gasteiger partial charge in [0.2, 0.25) is 5.91 Å². The molecule has 1 aromatic carbocycles. The summed E-state index contributed by atoms with van der Waals surface area (Å²) in [5, 5.41) is 8.54. The molecule has 0 radical (unpaired) electrons. The fourth-order valence-electron chi connectivity index (χ4n) is 1.85. The second-order valence-electron chi connectivity index (χ2n) is 3.94. The zero-order valence-corrected chi connectivity index (χ0v) is 10.6. The Hall–Kier alpha value is -1.80. The molecule has 92 valence electrons. The molecule has 1 aromatic rings. The standard InChI is InChI=1S/C13H12N2O2S/c14-5-1-2-6-15-11-7-10(8-16)3-4-12(11)18-9-13(15)17/h3-4,7-8H,1-2,6,9H2. The van der Waals surface area contributed by atoms with E-state index in [1.807, 2.05) is 6.07 Å². The van der Waals surface area contributed by atoms with Gasteiger partial charge in [0.25, 0.3) is 0 Å². The number of anilines is 1. The maximum Gasteiger partial charge on any atom is 0.237 e. The molecule has 0 unspecified atom stereocenters. The summed E-state index contributed by atoms with van der Waals surface area (Å²) in [4.78, 5) is 25.4. The molecule has 18 heavy (non-hydrogen) atoms. The van der Waals surface area contributed by atoms with Gasteiger partial charge >= 0.3 is 0 Å². The van der Waals surface area contributed by atoms with Crippen LogP contribution in [0.2, 0.25) is 0 Å². The number of hydrogen-bond donors (Lipinski definition) is 0. The second-order valence-corrected chi connectivity index (χ2v) is 4.96. The van der Waals surface area contributed by atoms with Gasteiger partial charge in [-0.2, -0.15) is 5.26 Å². The SMILES string of the molecule is N#CCCCN1C(=O)CSc2ccc(C=O)cc21. The summed E-state index contributed by atoms with van der Waals surface area (Å²) >= 11 is 1.49. The molecule has 0 fully saturated rings. The van der Waals surface area contributed by atoms with E-state index in [-0.39, 0.29) is 5.91 Å². The van der Waals surface area contributed by atoms with Gasteiger partial charge in [0.15, 0.2) is 0 Å². The predicted molar refractivity (Wildman–Crippen MR) is 69.8 cm³/mol. The topological polar surface area (TPSA) is 61.2 Å². The molecule has 2 rings (SSSR count). The average Bonchev–Trinajstić information content (AvgIpc) is 2.41. The van der Waals surface area contributed by atoms with Gasteiger partial charge in [0.1, 0.15) is 6.29 Å². The fourth-order valence-corrected chi connectivity index (χ4v) is 2.77.